The van der Waals surface area contributed by atoms with Crippen LogP contribution in [0.1, 0.15) is 47.2 Å². The number of unbranched alkanes of at least 4 members (excludes halogenated alkanes) is 1. The molecule has 0 saturated heterocycles. The molecule has 3 aromatic rings. The van der Waals surface area contributed by atoms with Gasteiger partial charge in [-0.15, -0.1) is 0 Å². The van der Waals surface area contributed by atoms with Crippen LogP contribution in [0.3, 0.4) is 0 Å². The summed E-state index contributed by atoms with van der Waals surface area (Å²) < 4.78 is 16.9. The minimum atomic E-state index is -0.882. The van der Waals surface area contributed by atoms with Crippen molar-refractivity contribution in [3.8, 4) is 23.3 Å². The molecule has 9 nitrogen and oxygen atoms in total. The van der Waals surface area contributed by atoms with E-state index >= 15 is 0 Å². The van der Waals surface area contributed by atoms with E-state index in [0.717, 1.165) is 18.4 Å². The lowest BCUT2D eigenvalue weighted by Crippen LogP contribution is -2.21. The number of rotatable bonds is 8. The number of nitro benzene ring substituents is 1. The van der Waals surface area contributed by atoms with Gasteiger partial charge in [0.1, 0.15) is 34.5 Å². The molecule has 0 aromatic heterocycles. The van der Waals surface area contributed by atoms with E-state index in [-0.39, 0.29) is 28.5 Å². The van der Waals surface area contributed by atoms with Crippen LogP contribution in [0.2, 0.25) is 0 Å². The third-order valence-corrected chi connectivity index (χ3v) is 5.68. The number of hydrogen-bond acceptors (Lipinski definition) is 8. The Morgan fingerprint density at radius 1 is 1.14 bits per heavy atom. The number of nitrogens with two attached hydrogens (primary N) is 1. The predicted molar refractivity (Wildman–Crippen MR) is 131 cm³/mol. The van der Waals surface area contributed by atoms with Crippen molar-refractivity contribution in [2.24, 2.45) is 5.73 Å². The van der Waals surface area contributed by atoms with Gasteiger partial charge in [0.15, 0.2) is 0 Å². The second-order valence-electron chi connectivity index (χ2n) is 8.06. The number of nitrogens with zero attached hydrogens (tertiary/aromatic N) is 2. The quantitative estimate of drug-likeness (QED) is 0.151. The van der Waals surface area contributed by atoms with E-state index in [2.05, 4.69) is 13.0 Å². The van der Waals surface area contributed by atoms with Gasteiger partial charge in [-0.05, 0) is 36.2 Å². The molecule has 0 amide bonds. The van der Waals surface area contributed by atoms with Gasteiger partial charge in [0, 0.05) is 17.7 Å². The van der Waals surface area contributed by atoms with Crippen molar-refractivity contribution in [2.75, 3.05) is 6.61 Å². The topological polar surface area (TPSA) is 138 Å². The predicted octanol–water partition coefficient (Wildman–Crippen LogP) is 5.21. The number of esters is 1. The van der Waals surface area contributed by atoms with Crippen molar-refractivity contribution in [3.63, 3.8) is 0 Å². The molecule has 1 unspecified atom stereocenters. The molecular weight excluding hydrogens is 462 g/mol. The highest BCUT2D eigenvalue weighted by molar-refractivity contribution is 5.95. The molecule has 3 aromatic carbocycles. The van der Waals surface area contributed by atoms with Crippen LogP contribution >= 0.6 is 0 Å². The molecule has 182 valence electrons. The number of para-hydroxylation sites is 1. The Morgan fingerprint density at radius 3 is 2.69 bits per heavy atom. The fourth-order valence-corrected chi connectivity index (χ4v) is 3.93. The highest BCUT2D eigenvalue weighted by atomic mass is 16.6. The number of benzene rings is 3. The number of nitro groups is 1. The van der Waals surface area contributed by atoms with Crippen molar-refractivity contribution >= 4 is 11.7 Å². The first-order valence-electron chi connectivity index (χ1n) is 11.3. The summed E-state index contributed by atoms with van der Waals surface area (Å²) in [7, 11) is 0. The maximum absolute atomic E-state index is 12.6. The summed E-state index contributed by atoms with van der Waals surface area (Å²) in [4.78, 5) is 23.3. The highest BCUT2D eigenvalue weighted by Gasteiger charge is 2.31. The van der Waals surface area contributed by atoms with Crippen LogP contribution in [0, 0.1) is 21.4 Å². The van der Waals surface area contributed by atoms with Crippen molar-refractivity contribution in [3.05, 3.63) is 105 Å². The molecule has 1 heterocycles. The molecule has 0 spiro atoms. The van der Waals surface area contributed by atoms with Gasteiger partial charge in [-0.3, -0.25) is 10.1 Å². The molecule has 0 radical (unpaired) electrons. The number of ether oxygens (including phenoxy) is 3. The fraction of sp³-hybridized carbons (Fsp3) is 0.185. The molecule has 0 fully saturated rings. The summed E-state index contributed by atoms with van der Waals surface area (Å²) in [5.74, 6) is -0.363. The van der Waals surface area contributed by atoms with E-state index in [9.17, 15) is 20.2 Å². The average molecular weight is 485 g/mol. The van der Waals surface area contributed by atoms with Gasteiger partial charge in [-0.2, -0.15) is 5.26 Å². The largest absolute Gasteiger partial charge is 0.494 e. The first-order chi connectivity index (χ1) is 17.4. The third kappa shape index (κ3) is 4.98. The maximum Gasteiger partial charge on any atom is 0.350 e. The van der Waals surface area contributed by atoms with E-state index in [1.54, 1.807) is 12.1 Å². The van der Waals surface area contributed by atoms with Gasteiger partial charge in [0.05, 0.1) is 17.4 Å². The second kappa shape index (κ2) is 10.6. The number of carbonyl (C=O) groups is 1. The Kier molecular flexibility index (Phi) is 7.16. The summed E-state index contributed by atoms with van der Waals surface area (Å²) in [6, 6.07) is 19.8. The Morgan fingerprint density at radius 2 is 1.94 bits per heavy atom. The summed E-state index contributed by atoms with van der Waals surface area (Å²) >= 11 is 0. The van der Waals surface area contributed by atoms with Gasteiger partial charge >= 0.3 is 5.97 Å². The zero-order valence-electron chi connectivity index (χ0n) is 19.5. The van der Waals surface area contributed by atoms with Crippen molar-refractivity contribution in [1.29, 1.82) is 5.26 Å². The molecule has 1 atom stereocenters. The molecule has 1 aliphatic heterocycles. The Balaban J connectivity index is 1.66. The summed E-state index contributed by atoms with van der Waals surface area (Å²) in [6.07, 6.45) is 1.93. The lowest BCUT2D eigenvalue weighted by atomic mass is 9.83. The van der Waals surface area contributed by atoms with Crippen molar-refractivity contribution in [1.82, 2.24) is 0 Å². The first-order valence-corrected chi connectivity index (χ1v) is 11.3. The minimum Gasteiger partial charge on any atom is -0.494 e. The molecule has 4 rings (SSSR count). The van der Waals surface area contributed by atoms with Crippen LogP contribution in [-0.4, -0.2) is 17.5 Å². The molecule has 0 bridgehead atoms. The zero-order chi connectivity index (χ0) is 25.7. The van der Waals surface area contributed by atoms with Gasteiger partial charge in [-0.25, -0.2) is 4.79 Å². The molecule has 0 saturated carbocycles. The van der Waals surface area contributed by atoms with Gasteiger partial charge < -0.3 is 19.9 Å². The Hall–Kier alpha value is -4.84. The van der Waals surface area contributed by atoms with Crippen molar-refractivity contribution in [2.45, 2.75) is 25.7 Å². The van der Waals surface area contributed by atoms with E-state index < -0.39 is 16.8 Å². The smallest absolute Gasteiger partial charge is 0.350 e. The molecule has 1 aliphatic rings. The first kappa shape index (κ1) is 24.3. The van der Waals surface area contributed by atoms with E-state index in [1.807, 2.05) is 24.3 Å². The van der Waals surface area contributed by atoms with Crippen LogP contribution in [-0.2, 0) is 0 Å². The van der Waals surface area contributed by atoms with E-state index in [1.165, 1.54) is 30.3 Å². The minimum absolute atomic E-state index is 0.0607. The fourth-order valence-electron chi connectivity index (χ4n) is 3.93. The standard InChI is InChI=1S/C27H23N3O6/c1-2-3-13-34-18-8-6-7-17(14-18)25-21-12-11-19(15-24(21)36-26(29)22(25)16-28)35-27(31)20-9-4-5-10-23(20)30(32)33/h4-12,14-15,25H,2-3,13,29H2,1H3. The zero-order valence-corrected chi connectivity index (χ0v) is 19.5. The number of carbonyl (C=O) groups excluding carboxylic acids is 1. The van der Waals surface area contributed by atoms with Crippen LogP contribution in [0.25, 0.3) is 0 Å². The number of hydrogen-bond donors (Lipinski definition) is 1. The molecular formula is C27H23N3O6. The molecule has 0 aliphatic carbocycles. The van der Waals surface area contributed by atoms with Crippen LogP contribution < -0.4 is 19.9 Å². The number of fused-ring (bicyclic) bond motifs is 1. The van der Waals surface area contributed by atoms with Crippen molar-refractivity contribution < 1.29 is 23.9 Å². The SMILES string of the molecule is CCCCOc1cccc(C2C(C#N)=C(N)Oc3cc(OC(=O)c4ccccc4[N+](=O)[O-])ccc32)c1. The van der Waals surface area contributed by atoms with E-state index in [0.29, 0.717) is 23.7 Å². The van der Waals surface area contributed by atoms with Gasteiger partial charge in [-0.1, -0.05) is 43.7 Å². The monoisotopic (exact) mass is 485 g/mol. The summed E-state index contributed by atoms with van der Waals surface area (Å²) in [5.41, 5.74) is 7.24. The number of nitriles is 1. The highest BCUT2D eigenvalue weighted by Crippen LogP contribution is 2.44. The molecule has 9 heteroatoms. The normalized spacial score (nSPS) is 14.3. The Bertz CT molecular complexity index is 1390. The summed E-state index contributed by atoms with van der Waals surface area (Å²) in [5, 5.41) is 21.1. The maximum atomic E-state index is 12.6. The Labute approximate surface area is 207 Å². The van der Waals surface area contributed by atoms with Gasteiger partial charge in [0.2, 0.25) is 5.88 Å². The lowest BCUT2D eigenvalue weighted by Gasteiger charge is -2.27. The number of allylic oxidation sites excluding steroid dienone is 1. The third-order valence-electron chi connectivity index (χ3n) is 5.68. The van der Waals surface area contributed by atoms with Crippen LogP contribution in [0.15, 0.2) is 78.2 Å². The lowest BCUT2D eigenvalue weighted by molar-refractivity contribution is -0.385. The van der Waals surface area contributed by atoms with Gasteiger partial charge in [0.25, 0.3) is 5.69 Å². The summed E-state index contributed by atoms with van der Waals surface area (Å²) in [6.45, 7) is 2.67. The molecule has 36 heavy (non-hydrogen) atoms. The molecule has 2 N–H and O–H groups in total. The average Bonchev–Trinajstić information content (AvgIpc) is 2.88. The van der Waals surface area contributed by atoms with E-state index in [4.69, 9.17) is 19.9 Å². The van der Waals surface area contributed by atoms with Crippen LogP contribution in [0.4, 0.5) is 5.69 Å². The van der Waals surface area contributed by atoms with Crippen LogP contribution in [0.5, 0.6) is 17.2 Å². The second-order valence-corrected chi connectivity index (χ2v) is 8.06.